The van der Waals surface area contributed by atoms with E-state index in [1.165, 1.54) is 0 Å². The Morgan fingerprint density at radius 2 is 1.27 bits per heavy atom. The van der Waals surface area contributed by atoms with Crippen molar-refractivity contribution >= 4 is 28.7 Å². The van der Waals surface area contributed by atoms with Crippen LogP contribution in [-0.2, 0) is 10.3 Å². The van der Waals surface area contributed by atoms with Gasteiger partial charge in [0.15, 0.2) is 5.60 Å². The quantitative estimate of drug-likeness (QED) is 0.140. The van der Waals surface area contributed by atoms with Gasteiger partial charge in [-0.25, -0.2) is 4.79 Å². The maximum Gasteiger partial charge on any atom is 0.340 e. The van der Waals surface area contributed by atoms with Gasteiger partial charge in [-0.05, 0) is 93.6 Å². The molecule has 48 heavy (non-hydrogen) atoms. The Morgan fingerprint density at radius 3 is 1.88 bits per heavy atom. The summed E-state index contributed by atoms with van der Waals surface area (Å²) in [4.78, 5) is 18.0. The third kappa shape index (κ3) is 4.96. The number of nitrogens with zero attached hydrogens (tertiary/aromatic N) is 2. The molecule has 0 radical (unpaired) electrons. The molecule has 0 saturated heterocycles. The van der Waals surface area contributed by atoms with Crippen LogP contribution in [0.5, 0.6) is 28.7 Å². The Labute approximate surface area is 281 Å². The summed E-state index contributed by atoms with van der Waals surface area (Å²) in [6.07, 6.45) is 0. The Bertz CT molecular complexity index is 1920. The SMILES string of the molecule is CCOc1cc2c(cc1N(c1ccc(OC)cc1)c1ccc(OC)cc1)C1(OC(=O)c3ccccc31)c1ccc(N(CC)CC)cc1O2. The van der Waals surface area contributed by atoms with Gasteiger partial charge in [0, 0.05) is 59.0 Å². The smallest absolute Gasteiger partial charge is 0.340 e. The predicted molar refractivity (Wildman–Crippen MR) is 187 cm³/mol. The molecule has 1 spiro atoms. The number of anilines is 4. The van der Waals surface area contributed by atoms with Gasteiger partial charge in [-0.3, -0.25) is 0 Å². The molecule has 1 unspecified atom stereocenters. The van der Waals surface area contributed by atoms with Gasteiger partial charge in [-0.1, -0.05) is 18.2 Å². The van der Waals surface area contributed by atoms with Crippen LogP contribution in [0.2, 0.25) is 0 Å². The van der Waals surface area contributed by atoms with Gasteiger partial charge in [0.2, 0.25) is 0 Å². The fourth-order valence-electron chi connectivity index (χ4n) is 6.80. The van der Waals surface area contributed by atoms with Crippen LogP contribution < -0.4 is 28.7 Å². The molecule has 244 valence electrons. The van der Waals surface area contributed by atoms with E-state index in [1.54, 1.807) is 14.2 Å². The summed E-state index contributed by atoms with van der Waals surface area (Å²) >= 11 is 0. The summed E-state index contributed by atoms with van der Waals surface area (Å²) in [6.45, 7) is 8.33. The highest BCUT2D eigenvalue weighted by atomic mass is 16.6. The van der Waals surface area contributed by atoms with Crippen molar-refractivity contribution in [3.8, 4) is 28.7 Å². The van der Waals surface area contributed by atoms with Gasteiger partial charge in [-0.2, -0.15) is 0 Å². The van der Waals surface area contributed by atoms with Gasteiger partial charge >= 0.3 is 5.97 Å². The van der Waals surface area contributed by atoms with E-state index in [9.17, 15) is 4.79 Å². The van der Waals surface area contributed by atoms with Crippen molar-refractivity contribution in [3.05, 3.63) is 125 Å². The van der Waals surface area contributed by atoms with Crippen molar-refractivity contribution in [3.63, 3.8) is 0 Å². The Kier molecular flexibility index (Phi) is 8.09. The zero-order valence-corrected chi connectivity index (χ0v) is 27.8. The minimum Gasteiger partial charge on any atom is -0.497 e. The van der Waals surface area contributed by atoms with E-state index in [2.05, 4.69) is 29.7 Å². The lowest BCUT2D eigenvalue weighted by Gasteiger charge is -2.38. The number of ether oxygens (including phenoxy) is 5. The van der Waals surface area contributed by atoms with Gasteiger partial charge < -0.3 is 33.5 Å². The average molecular weight is 643 g/mol. The summed E-state index contributed by atoms with van der Waals surface area (Å²) in [5.41, 5.74) is 5.05. The number of esters is 1. The van der Waals surface area contributed by atoms with Gasteiger partial charge in [0.25, 0.3) is 0 Å². The molecule has 8 heteroatoms. The third-order valence-electron chi connectivity index (χ3n) is 9.11. The lowest BCUT2D eigenvalue weighted by molar-refractivity contribution is 0.0224. The molecular formula is C40H38N2O6. The topological polar surface area (TPSA) is 69.7 Å². The van der Waals surface area contributed by atoms with Gasteiger partial charge in [0.1, 0.15) is 28.7 Å². The van der Waals surface area contributed by atoms with E-state index in [1.807, 2.05) is 104 Å². The highest BCUT2D eigenvalue weighted by molar-refractivity contribution is 5.97. The van der Waals surface area contributed by atoms with Gasteiger partial charge in [0.05, 0.1) is 32.1 Å². The lowest BCUT2D eigenvalue weighted by Crippen LogP contribution is -2.33. The molecule has 5 aromatic rings. The minimum absolute atomic E-state index is 0.380. The monoisotopic (exact) mass is 642 g/mol. The number of rotatable bonds is 10. The predicted octanol–water partition coefficient (Wildman–Crippen LogP) is 8.99. The van der Waals surface area contributed by atoms with Crippen molar-refractivity contribution in [1.82, 2.24) is 0 Å². The first kappa shape index (κ1) is 31.0. The lowest BCUT2D eigenvalue weighted by atomic mass is 9.77. The van der Waals surface area contributed by atoms with E-state index in [-0.39, 0.29) is 5.97 Å². The second-order valence-corrected chi connectivity index (χ2v) is 11.6. The van der Waals surface area contributed by atoms with Crippen LogP contribution in [0.3, 0.4) is 0 Å². The first-order chi connectivity index (χ1) is 23.4. The molecule has 2 aliphatic rings. The van der Waals surface area contributed by atoms with E-state index >= 15 is 0 Å². The van der Waals surface area contributed by atoms with E-state index in [4.69, 9.17) is 23.7 Å². The molecule has 0 fully saturated rings. The number of hydrogen-bond donors (Lipinski definition) is 0. The van der Waals surface area contributed by atoms with Crippen LogP contribution in [0.1, 0.15) is 47.8 Å². The van der Waals surface area contributed by atoms with Crippen LogP contribution >= 0.6 is 0 Å². The number of fused-ring (bicyclic) bond motifs is 6. The Balaban J connectivity index is 1.51. The first-order valence-corrected chi connectivity index (χ1v) is 16.2. The third-order valence-corrected chi connectivity index (χ3v) is 9.11. The number of carbonyl (C=O) groups excluding carboxylic acids is 1. The summed E-state index contributed by atoms with van der Waals surface area (Å²) in [7, 11) is 3.30. The number of hydrogen-bond acceptors (Lipinski definition) is 8. The second kappa shape index (κ2) is 12.5. The molecule has 0 bridgehead atoms. The summed E-state index contributed by atoms with van der Waals surface area (Å²) < 4.78 is 30.6. The highest BCUT2D eigenvalue weighted by Gasteiger charge is 2.54. The summed E-state index contributed by atoms with van der Waals surface area (Å²) in [6, 6.07) is 33.4. The molecule has 8 nitrogen and oxygen atoms in total. The van der Waals surface area contributed by atoms with Crippen LogP contribution in [0.25, 0.3) is 0 Å². The Morgan fingerprint density at radius 1 is 0.667 bits per heavy atom. The second-order valence-electron chi connectivity index (χ2n) is 11.6. The van der Waals surface area contributed by atoms with Crippen LogP contribution in [0.4, 0.5) is 22.7 Å². The first-order valence-electron chi connectivity index (χ1n) is 16.2. The van der Waals surface area contributed by atoms with Crippen molar-refractivity contribution in [1.29, 1.82) is 0 Å². The maximum atomic E-state index is 13.6. The molecule has 0 saturated carbocycles. The van der Waals surface area contributed by atoms with E-state index in [0.717, 1.165) is 58.5 Å². The van der Waals surface area contributed by atoms with Crippen LogP contribution in [0, 0.1) is 0 Å². The molecule has 2 aliphatic heterocycles. The molecular weight excluding hydrogens is 604 g/mol. The molecule has 7 rings (SSSR count). The standard InChI is InChI=1S/C40H38N2O6/c1-6-41(7-2)28-17-22-33-36(23-28)47-37-25-38(46-8-3)35(24-34(37)40(33)32-12-10-9-11-31(32)39(43)48-40)42(26-13-18-29(44-4)19-14-26)27-15-20-30(45-5)21-16-27/h9-25H,6-8H2,1-5H3. The molecule has 0 N–H and O–H groups in total. The fraction of sp³-hybridized carbons (Fsp3) is 0.225. The summed E-state index contributed by atoms with van der Waals surface area (Å²) in [5, 5.41) is 0. The zero-order valence-electron chi connectivity index (χ0n) is 27.8. The fourth-order valence-corrected chi connectivity index (χ4v) is 6.80. The van der Waals surface area contributed by atoms with Crippen LogP contribution in [0.15, 0.2) is 103 Å². The molecule has 2 heterocycles. The number of benzene rings is 5. The molecule has 5 aromatic carbocycles. The maximum absolute atomic E-state index is 13.6. The largest absolute Gasteiger partial charge is 0.497 e. The van der Waals surface area contributed by atoms with Crippen molar-refractivity contribution in [2.75, 3.05) is 43.7 Å². The van der Waals surface area contributed by atoms with Crippen molar-refractivity contribution in [2.24, 2.45) is 0 Å². The molecule has 1 atom stereocenters. The van der Waals surface area contributed by atoms with E-state index < -0.39 is 5.60 Å². The van der Waals surface area contributed by atoms with Crippen molar-refractivity contribution < 1.29 is 28.5 Å². The molecule has 0 aromatic heterocycles. The number of carbonyl (C=O) groups is 1. The zero-order chi connectivity index (χ0) is 33.4. The van der Waals surface area contributed by atoms with Crippen LogP contribution in [-0.4, -0.2) is 39.9 Å². The highest BCUT2D eigenvalue weighted by Crippen LogP contribution is 2.59. The minimum atomic E-state index is -1.25. The Hall–Kier alpha value is -5.63. The normalized spacial score (nSPS) is 15.5. The molecule has 0 aliphatic carbocycles. The van der Waals surface area contributed by atoms with Gasteiger partial charge in [-0.15, -0.1) is 0 Å². The summed E-state index contributed by atoms with van der Waals surface area (Å²) in [5.74, 6) is 2.90. The average Bonchev–Trinajstić information content (AvgIpc) is 3.42. The van der Waals surface area contributed by atoms with E-state index in [0.29, 0.717) is 35.0 Å². The van der Waals surface area contributed by atoms with Crippen molar-refractivity contribution in [2.45, 2.75) is 26.4 Å². The molecule has 0 amide bonds. The number of methoxy groups -OCH3 is 2.